The van der Waals surface area contributed by atoms with Crippen molar-refractivity contribution in [2.75, 3.05) is 0 Å². The van der Waals surface area contributed by atoms with Gasteiger partial charge >= 0.3 is 11.9 Å². The van der Waals surface area contributed by atoms with Gasteiger partial charge in [-0.05, 0) is 0 Å². The zero-order valence-electron chi connectivity index (χ0n) is 6.74. The second kappa shape index (κ2) is 3.08. The standard InChI is InChI=1S/C6H7F2N3O2/c1-11-4(3-9-10-11)2-6(7,8)5(12)13/h3H,2H2,1H3,(H,12,13). The van der Waals surface area contributed by atoms with Crippen LogP contribution in [0.5, 0.6) is 0 Å². The number of carboxylic acid groups (broad SMARTS) is 1. The number of halogens is 2. The lowest BCUT2D eigenvalue weighted by atomic mass is 10.2. The zero-order valence-corrected chi connectivity index (χ0v) is 6.74. The Hall–Kier alpha value is -1.53. The van der Waals surface area contributed by atoms with Gasteiger partial charge in [-0.15, -0.1) is 5.10 Å². The maximum absolute atomic E-state index is 12.6. The van der Waals surface area contributed by atoms with E-state index in [9.17, 15) is 13.6 Å². The van der Waals surface area contributed by atoms with Gasteiger partial charge in [0.15, 0.2) is 0 Å². The quantitative estimate of drug-likeness (QED) is 0.734. The molecule has 0 saturated carbocycles. The molecule has 0 amide bonds. The molecule has 0 fully saturated rings. The van der Waals surface area contributed by atoms with Crippen LogP contribution in [0.2, 0.25) is 0 Å². The lowest BCUT2D eigenvalue weighted by Gasteiger charge is -2.09. The van der Waals surface area contributed by atoms with Crippen LogP contribution in [0.3, 0.4) is 0 Å². The van der Waals surface area contributed by atoms with Gasteiger partial charge in [0.1, 0.15) is 0 Å². The van der Waals surface area contributed by atoms with E-state index in [1.54, 1.807) is 0 Å². The fraction of sp³-hybridized carbons (Fsp3) is 0.500. The van der Waals surface area contributed by atoms with Crippen molar-refractivity contribution in [2.45, 2.75) is 12.3 Å². The van der Waals surface area contributed by atoms with Gasteiger partial charge in [0.05, 0.1) is 18.3 Å². The third-order valence-corrected chi connectivity index (χ3v) is 1.52. The van der Waals surface area contributed by atoms with Crippen molar-refractivity contribution in [3.63, 3.8) is 0 Å². The average molecular weight is 191 g/mol. The molecule has 13 heavy (non-hydrogen) atoms. The summed E-state index contributed by atoms with van der Waals surface area (Å²) in [5.41, 5.74) is 0.0763. The minimum atomic E-state index is -3.77. The molecule has 0 aromatic carbocycles. The maximum Gasteiger partial charge on any atom is 0.374 e. The molecule has 5 nitrogen and oxygen atoms in total. The Labute approximate surface area is 72.0 Å². The zero-order chi connectivity index (χ0) is 10.1. The number of hydrogen-bond donors (Lipinski definition) is 1. The van der Waals surface area contributed by atoms with Crippen LogP contribution in [-0.2, 0) is 18.3 Å². The normalized spacial score (nSPS) is 11.6. The Bertz CT molecular complexity index is 323. The summed E-state index contributed by atoms with van der Waals surface area (Å²) in [6.07, 6.45) is 0.211. The highest BCUT2D eigenvalue weighted by Crippen LogP contribution is 2.19. The molecule has 1 N–H and O–H groups in total. The molecule has 0 bridgehead atoms. The van der Waals surface area contributed by atoms with E-state index >= 15 is 0 Å². The first-order chi connectivity index (χ1) is 5.93. The van der Waals surface area contributed by atoms with E-state index in [4.69, 9.17) is 5.11 Å². The predicted octanol–water partition coefficient (Wildman–Crippen LogP) is 0.0775. The number of carboxylic acids is 1. The molecule has 0 unspecified atom stereocenters. The fourth-order valence-corrected chi connectivity index (χ4v) is 0.774. The number of hydrogen-bond acceptors (Lipinski definition) is 3. The van der Waals surface area contributed by atoms with Crippen molar-refractivity contribution in [3.05, 3.63) is 11.9 Å². The number of rotatable bonds is 3. The van der Waals surface area contributed by atoms with Crippen LogP contribution in [0.25, 0.3) is 0 Å². The molecular weight excluding hydrogens is 184 g/mol. The monoisotopic (exact) mass is 191 g/mol. The van der Waals surface area contributed by atoms with E-state index in [0.29, 0.717) is 0 Å². The van der Waals surface area contributed by atoms with E-state index in [1.807, 2.05) is 0 Å². The van der Waals surface area contributed by atoms with Crippen molar-refractivity contribution in [1.82, 2.24) is 15.0 Å². The van der Waals surface area contributed by atoms with Crippen LogP contribution in [0, 0.1) is 0 Å². The molecule has 0 atom stereocenters. The molecule has 1 rings (SSSR count). The van der Waals surface area contributed by atoms with Crippen molar-refractivity contribution >= 4 is 5.97 Å². The molecule has 0 radical (unpaired) electrons. The van der Waals surface area contributed by atoms with Gasteiger partial charge in [0, 0.05) is 7.05 Å². The number of aromatic nitrogens is 3. The minimum Gasteiger partial charge on any atom is -0.477 e. The Balaban J connectivity index is 2.80. The largest absolute Gasteiger partial charge is 0.477 e. The van der Waals surface area contributed by atoms with E-state index in [0.717, 1.165) is 10.9 Å². The average Bonchev–Trinajstić information content (AvgIpc) is 2.35. The molecule has 72 valence electrons. The number of carbonyl (C=O) groups is 1. The van der Waals surface area contributed by atoms with Crippen LogP contribution in [-0.4, -0.2) is 32.0 Å². The van der Waals surface area contributed by atoms with Crippen LogP contribution in [0.1, 0.15) is 5.69 Å². The van der Waals surface area contributed by atoms with Gasteiger partial charge in [-0.2, -0.15) is 8.78 Å². The Morgan fingerprint density at radius 3 is 2.77 bits per heavy atom. The Morgan fingerprint density at radius 2 is 2.38 bits per heavy atom. The lowest BCUT2D eigenvalue weighted by Crippen LogP contribution is -2.31. The van der Waals surface area contributed by atoms with Crippen molar-refractivity contribution in [1.29, 1.82) is 0 Å². The third kappa shape index (κ3) is 1.98. The van der Waals surface area contributed by atoms with Gasteiger partial charge in [-0.25, -0.2) is 4.79 Å². The SMILES string of the molecule is Cn1nncc1CC(F)(F)C(=O)O. The summed E-state index contributed by atoms with van der Waals surface area (Å²) in [7, 11) is 1.42. The second-order valence-electron chi connectivity index (χ2n) is 2.54. The molecule has 0 aliphatic rings. The first-order valence-corrected chi connectivity index (χ1v) is 3.38. The van der Waals surface area contributed by atoms with Crippen LogP contribution >= 0.6 is 0 Å². The summed E-state index contributed by atoms with van der Waals surface area (Å²) in [5, 5.41) is 14.9. The van der Waals surface area contributed by atoms with Gasteiger partial charge in [0.2, 0.25) is 0 Å². The molecule has 0 spiro atoms. The summed E-state index contributed by atoms with van der Waals surface area (Å²) in [4.78, 5) is 10.1. The third-order valence-electron chi connectivity index (χ3n) is 1.52. The highest BCUT2D eigenvalue weighted by molar-refractivity contribution is 5.75. The van der Waals surface area contributed by atoms with Crippen LogP contribution in [0.4, 0.5) is 8.78 Å². The van der Waals surface area contributed by atoms with Gasteiger partial charge in [-0.3, -0.25) is 4.68 Å². The Morgan fingerprint density at radius 1 is 1.77 bits per heavy atom. The summed E-state index contributed by atoms with van der Waals surface area (Å²) in [6, 6.07) is 0. The summed E-state index contributed by atoms with van der Waals surface area (Å²) in [6.45, 7) is 0. The highest BCUT2D eigenvalue weighted by atomic mass is 19.3. The smallest absolute Gasteiger partial charge is 0.374 e. The van der Waals surface area contributed by atoms with Gasteiger partial charge in [0.25, 0.3) is 0 Å². The summed E-state index contributed by atoms with van der Waals surface area (Å²) < 4.78 is 26.4. The topological polar surface area (TPSA) is 68.0 Å². The molecule has 1 aromatic heterocycles. The molecular formula is C6H7F2N3O2. The predicted molar refractivity (Wildman–Crippen MR) is 37.3 cm³/mol. The molecule has 7 heteroatoms. The van der Waals surface area contributed by atoms with E-state index in [2.05, 4.69) is 10.3 Å². The number of nitrogens with zero attached hydrogens (tertiary/aromatic N) is 3. The van der Waals surface area contributed by atoms with Gasteiger partial charge in [-0.1, -0.05) is 5.21 Å². The number of aliphatic carboxylic acids is 1. The van der Waals surface area contributed by atoms with Crippen molar-refractivity contribution < 1.29 is 18.7 Å². The van der Waals surface area contributed by atoms with E-state index < -0.39 is 18.3 Å². The molecule has 1 aromatic rings. The first kappa shape index (κ1) is 9.56. The summed E-state index contributed by atoms with van der Waals surface area (Å²) in [5.74, 6) is -5.91. The summed E-state index contributed by atoms with van der Waals surface area (Å²) >= 11 is 0. The minimum absolute atomic E-state index is 0.0763. The van der Waals surface area contributed by atoms with Crippen LogP contribution in [0.15, 0.2) is 6.20 Å². The van der Waals surface area contributed by atoms with E-state index in [-0.39, 0.29) is 5.69 Å². The number of alkyl halides is 2. The van der Waals surface area contributed by atoms with Crippen molar-refractivity contribution in [2.24, 2.45) is 7.05 Å². The van der Waals surface area contributed by atoms with Crippen LogP contribution < -0.4 is 0 Å². The maximum atomic E-state index is 12.6. The molecule has 0 aliphatic heterocycles. The van der Waals surface area contributed by atoms with Gasteiger partial charge < -0.3 is 5.11 Å². The van der Waals surface area contributed by atoms with Crippen molar-refractivity contribution in [3.8, 4) is 0 Å². The first-order valence-electron chi connectivity index (χ1n) is 3.38. The van der Waals surface area contributed by atoms with E-state index in [1.165, 1.54) is 7.05 Å². The molecule has 1 heterocycles. The number of aryl methyl sites for hydroxylation is 1. The Kier molecular flexibility index (Phi) is 2.26. The molecule has 0 saturated heterocycles. The molecule has 0 aliphatic carbocycles. The highest BCUT2D eigenvalue weighted by Gasteiger charge is 2.39. The second-order valence-corrected chi connectivity index (χ2v) is 2.54. The lowest BCUT2D eigenvalue weighted by molar-refractivity contribution is -0.164. The fourth-order valence-electron chi connectivity index (χ4n) is 0.774.